The van der Waals surface area contributed by atoms with Crippen LogP contribution >= 0.6 is 0 Å². The first kappa shape index (κ1) is 14.3. The van der Waals surface area contributed by atoms with Crippen LogP contribution in [0.1, 0.15) is 17.2 Å². The molecule has 2 aliphatic rings. The molecule has 5 nitrogen and oxygen atoms in total. The Morgan fingerprint density at radius 1 is 1.52 bits per heavy atom. The van der Waals surface area contributed by atoms with E-state index >= 15 is 0 Å². The molecule has 2 aliphatic heterocycles. The first-order valence-corrected chi connectivity index (χ1v) is 7.07. The molecule has 0 unspecified atom stereocenters. The molecule has 6 heteroatoms. The van der Waals surface area contributed by atoms with Crippen LogP contribution in [0, 0.1) is 17.1 Å². The van der Waals surface area contributed by atoms with Gasteiger partial charge in [-0.05, 0) is 12.1 Å². The topological polar surface area (TPSA) is 57.5 Å². The number of piperazine rings is 1. The summed E-state index contributed by atoms with van der Waals surface area (Å²) in [5.41, 5.74) is 0.688. The summed E-state index contributed by atoms with van der Waals surface area (Å²) in [5.74, 6) is -0.273. The number of methoxy groups -OCH3 is 1. The fourth-order valence-corrected chi connectivity index (χ4v) is 3.04. The largest absolute Gasteiger partial charge is 0.495 e. The highest BCUT2D eigenvalue weighted by Crippen LogP contribution is 2.35. The lowest BCUT2D eigenvalue weighted by Crippen LogP contribution is -2.57. The summed E-state index contributed by atoms with van der Waals surface area (Å²) in [6.45, 7) is 4.22. The lowest BCUT2D eigenvalue weighted by atomic mass is 10.0. The summed E-state index contributed by atoms with van der Waals surface area (Å²) in [6, 6.07) is 5.22. The maximum atomic E-state index is 13.7. The van der Waals surface area contributed by atoms with E-state index in [1.807, 2.05) is 6.07 Å². The molecule has 0 radical (unpaired) electrons. The van der Waals surface area contributed by atoms with Crippen molar-refractivity contribution in [1.29, 1.82) is 5.26 Å². The number of morpholine rings is 1. The molecule has 2 heterocycles. The third kappa shape index (κ3) is 2.60. The zero-order chi connectivity index (χ0) is 14.8. The Morgan fingerprint density at radius 3 is 3.14 bits per heavy atom. The molecule has 0 bridgehead atoms. The van der Waals surface area contributed by atoms with Crippen LogP contribution in [0.5, 0.6) is 5.75 Å². The average molecular weight is 291 g/mol. The van der Waals surface area contributed by atoms with Gasteiger partial charge in [0, 0.05) is 37.8 Å². The third-order valence-electron chi connectivity index (χ3n) is 4.16. The van der Waals surface area contributed by atoms with E-state index in [-0.39, 0.29) is 17.4 Å². The predicted molar refractivity (Wildman–Crippen MR) is 74.6 cm³/mol. The molecule has 0 amide bonds. The minimum Gasteiger partial charge on any atom is -0.495 e. The van der Waals surface area contributed by atoms with E-state index in [9.17, 15) is 4.39 Å². The van der Waals surface area contributed by atoms with Gasteiger partial charge < -0.3 is 14.8 Å². The molecule has 1 aromatic carbocycles. The molecule has 1 N–H and O–H groups in total. The quantitative estimate of drug-likeness (QED) is 0.882. The number of ether oxygens (including phenoxy) is 2. The molecule has 0 saturated carbocycles. The molecule has 2 atom stereocenters. The van der Waals surface area contributed by atoms with E-state index in [2.05, 4.69) is 10.2 Å². The molecule has 2 fully saturated rings. The van der Waals surface area contributed by atoms with Crippen LogP contribution in [0.2, 0.25) is 0 Å². The predicted octanol–water partition coefficient (Wildman–Crippen LogP) is 1.05. The Hall–Kier alpha value is -1.68. The van der Waals surface area contributed by atoms with Crippen molar-refractivity contribution in [3.63, 3.8) is 0 Å². The highest BCUT2D eigenvalue weighted by Gasteiger charge is 2.33. The number of hydrogen-bond donors (Lipinski definition) is 1. The molecule has 2 saturated heterocycles. The van der Waals surface area contributed by atoms with Crippen molar-refractivity contribution in [3.8, 4) is 11.8 Å². The SMILES string of the molecule is COc1c([C@H]2CN3CCNC[C@H]3CO2)ccc(F)c1C#N. The Labute approximate surface area is 123 Å². The van der Waals surface area contributed by atoms with Crippen molar-refractivity contribution in [2.24, 2.45) is 0 Å². The maximum absolute atomic E-state index is 13.7. The van der Waals surface area contributed by atoms with Crippen molar-refractivity contribution in [3.05, 3.63) is 29.1 Å². The normalized spacial score (nSPS) is 26.0. The molecule has 1 aromatic rings. The molecule has 3 rings (SSSR count). The Morgan fingerprint density at radius 2 is 2.38 bits per heavy atom. The van der Waals surface area contributed by atoms with E-state index < -0.39 is 5.82 Å². The summed E-state index contributed by atoms with van der Waals surface area (Å²) >= 11 is 0. The second-order valence-corrected chi connectivity index (χ2v) is 5.33. The minimum absolute atomic E-state index is 0.0546. The van der Waals surface area contributed by atoms with E-state index in [1.165, 1.54) is 13.2 Å². The zero-order valence-corrected chi connectivity index (χ0v) is 11.9. The van der Waals surface area contributed by atoms with E-state index in [4.69, 9.17) is 14.7 Å². The standard InChI is InChI=1S/C15H18FN3O2/c1-20-15-11(2-3-13(16)12(15)6-17)14-8-19-5-4-18-7-10(19)9-21-14/h2-3,10,14,18H,4-5,7-9H2,1H3/t10-,14+/m0/s1. The summed E-state index contributed by atoms with van der Waals surface area (Å²) in [4.78, 5) is 2.37. The maximum Gasteiger partial charge on any atom is 0.145 e. The van der Waals surface area contributed by atoms with Gasteiger partial charge in [0.1, 0.15) is 23.2 Å². The molecule has 0 aromatic heterocycles. The van der Waals surface area contributed by atoms with Gasteiger partial charge in [-0.1, -0.05) is 0 Å². The highest BCUT2D eigenvalue weighted by molar-refractivity contribution is 5.50. The fraction of sp³-hybridized carbons (Fsp3) is 0.533. The summed E-state index contributed by atoms with van der Waals surface area (Å²) in [6.07, 6.45) is -0.193. The van der Waals surface area contributed by atoms with Crippen LogP contribution < -0.4 is 10.1 Å². The van der Waals surface area contributed by atoms with Gasteiger partial charge in [-0.2, -0.15) is 5.26 Å². The monoisotopic (exact) mass is 291 g/mol. The number of benzene rings is 1. The van der Waals surface area contributed by atoms with Crippen molar-refractivity contribution < 1.29 is 13.9 Å². The molecule has 21 heavy (non-hydrogen) atoms. The molecular weight excluding hydrogens is 273 g/mol. The zero-order valence-electron chi connectivity index (χ0n) is 11.9. The Kier molecular flexibility index (Phi) is 4.06. The molecule has 0 aliphatic carbocycles. The van der Waals surface area contributed by atoms with Crippen molar-refractivity contribution >= 4 is 0 Å². The molecule has 0 spiro atoms. The summed E-state index contributed by atoms with van der Waals surface area (Å²) < 4.78 is 24.9. The number of hydrogen-bond acceptors (Lipinski definition) is 5. The molecular formula is C15H18FN3O2. The number of nitriles is 1. The minimum atomic E-state index is -0.561. The third-order valence-corrected chi connectivity index (χ3v) is 4.16. The van der Waals surface area contributed by atoms with Crippen LogP contribution in [0.25, 0.3) is 0 Å². The Balaban J connectivity index is 1.89. The van der Waals surface area contributed by atoms with Gasteiger partial charge in [0.25, 0.3) is 0 Å². The summed E-state index contributed by atoms with van der Waals surface area (Å²) in [5, 5.41) is 12.5. The van der Waals surface area contributed by atoms with E-state index in [0.29, 0.717) is 12.6 Å². The van der Waals surface area contributed by atoms with Crippen LogP contribution in [-0.4, -0.2) is 50.8 Å². The number of nitrogens with zero attached hydrogens (tertiary/aromatic N) is 2. The average Bonchev–Trinajstić information content (AvgIpc) is 2.54. The second kappa shape index (κ2) is 5.98. The van der Waals surface area contributed by atoms with Gasteiger partial charge in [-0.15, -0.1) is 0 Å². The molecule has 112 valence electrons. The van der Waals surface area contributed by atoms with Gasteiger partial charge in [0.05, 0.1) is 19.8 Å². The van der Waals surface area contributed by atoms with E-state index in [0.717, 1.165) is 31.7 Å². The smallest absolute Gasteiger partial charge is 0.145 e. The van der Waals surface area contributed by atoms with Gasteiger partial charge >= 0.3 is 0 Å². The fourth-order valence-electron chi connectivity index (χ4n) is 3.04. The first-order valence-electron chi connectivity index (χ1n) is 7.07. The number of halogens is 1. The van der Waals surface area contributed by atoms with E-state index in [1.54, 1.807) is 6.07 Å². The van der Waals surface area contributed by atoms with Crippen molar-refractivity contribution in [2.45, 2.75) is 12.1 Å². The van der Waals surface area contributed by atoms with Gasteiger partial charge in [0.15, 0.2) is 0 Å². The van der Waals surface area contributed by atoms with Crippen LogP contribution in [0.4, 0.5) is 4.39 Å². The lowest BCUT2D eigenvalue weighted by molar-refractivity contribution is -0.0724. The lowest BCUT2D eigenvalue weighted by Gasteiger charge is -2.43. The van der Waals surface area contributed by atoms with Crippen LogP contribution in [0.3, 0.4) is 0 Å². The van der Waals surface area contributed by atoms with Gasteiger partial charge in [-0.3, -0.25) is 4.90 Å². The van der Waals surface area contributed by atoms with Crippen LogP contribution in [-0.2, 0) is 4.74 Å². The van der Waals surface area contributed by atoms with Crippen LogP contribution in [0.15, 0.2) is 12.1 Å². The first-order chi connectivity index (χ1) is 10.2. The van der Waals surface area contributed by atoms with Crippen molar-refractivity contribution in [1.82, 2.24) is 10.2 Å². The number of fused-ring (bicyclic) bond motifs is 1. The summed E-state index contributed by atoms with van der Waals surface area (Å²) in [7, 11) is 1.45. The Bertz CT molecular complexity index is 573. The second-order valence-electron chi connectivity index (χ2n) is 5.33. The number of nitrogens with one attached hydrogen (secondary N) is 1. The number of rotatable bonds is 2. The van der Waals surface area contributed by atoms with Crippen molar-refractivity contribution in [2.75, 3.05) is 39.9 Å². The highest BCUT2D eigenvalue weighted by atomic mass is 19.1. The van der Waals surface area contributed by atoms with Gasteiger partial charge in [-0.25, -0.2) is 4.39 Å². The van der Waals surface area contributed by atoms with Gasteiger partial charge in [0.2, 0.25) is 0 Å².